The molecule has 0 bridgehead atoms. The van der Waals surface area contributed by atoms with E-state index in [-0.39, 0.29) is 26.1 Å². The lowest BCUT2D eigenvalue weighted by Gasteiger charge is -2.28. The SMILES string of the molecule is C[N+](C)(C)CCOP(=O)([O-])OC[C@@H](COC(=O)CCCCCOc1ccc(-c2ccccc2)cc1)OC(=O)CCCCCOc1ccc(-c2ccccc2)cc1. The summed E-state index contributed by atoms with van der Waals surface area (Å²) in [5.74, 6) is 0.521. The topological polar surface area (TPSA) is 130 Å². The number of benzene rings is 4. The number of carbonyl (C=O) groups is 2. The van der Waals surface area contributed by atoms with Crippen LogP contribution in [0.15, 0.2) is 109 Å². The zero-order valence-corrected chi connectivity index (χ0v) is 33.7. The molecule has 2 atom stereocenters. The number of likely N-dealkylation sites (N-methyl/N-ethyl adjacent to an activating group) is 1. The Bertz CT molecular complexity index is 1760. The summed E-state index contributed by atoms with van der Waals surface area (Å²) < 4.78 is 45.5. The van der Waals surface area contributed by atoms with Crippen LogP contribution in [0.4, 0.5) is 0 Å². The predicted molar refractivity (Wildman–Crippen MR) is 215 cm³/mol. The molecule has 0 radical (unpaired) electrons. The number of hydrogen-bond donors (Lipinski definition) is 0. The van der Waals surface area contributed by atoms with Crippen molar-refractivity contribution in [2.24, 2.45) is 0 Å². The van der Waals surface area contributed by atoms with E-state index in [4.69, 9.17) is 28.0 Å². The normalized spacial score (nSPS) is 13.0. The Hall–Kier alpha value is -4.51. The molecule has 0 N–H and O–H groups in total. The highest BCUT2D eigenvalue weighted by molar-refractivity contribution is 7.45. The molecule has 56 heavy (non-hydrogen) atoms. The molecule has 4 aromatic carbocycles. The van der Waals surface area contributed by atoms with Gasteiger partial charge in [0.1, 0.15) is 31.3 Å². The van der Waals surface area contributed by atoms with Gasteiger partial charge in [-0.1, -0.05) is 84.9 Å². The summed E-state index contributed by atoms with van der Waals surface area (Å²) in [5.41, 5.74) is 4.51. The van der Waals surface area contributed by atoms with Gasteiger partial charge in [0, 0.05) is 12.8 Å². The highest BCUT2D eigenvalue weighted by Crippen LogP contribution is 2.38. The molecule has 1 unspecified atom stereocenters. The second kappa shape index (κ2) is 23.5. The molecule has 0 heterocycles. The zero-order valence-electron chi connectivity index (χ0n) is 32.8. The quantitative estimate of drug-likeness (QED) is 0.0265. The number of phosphoric ester groups is 1. The van der Waals surface area contributed by atoms with E-state index < -0.39 is 32.5 Å². The van der Waals surface area contributed by atoms with Crippen LogP contribution in [0.3, 0.4) is 0 Å². The third kappa shape index (κ3) is 18.0. The molecular weight excluding hydrogens is 733 g/mol. The van der Waals surface area contributed by atoms with Crippen LogP contribution in [-0.2, 0) is 32.7 Å². The Balaban J connectivity index is 1.13. The second-order valence-electron chi connectivity index (χ2n) is 14.5. The number of esters is 2. The van der Waals surface area contributed by atoms with Crippen LogP contribution in [-0.4, -0.2) is 83.2 Å². The average molecular weight is 790 g/mol. The maximum absolute atomic E-state index is 12.7. The van der Waals surface area contributed by atoms with E-state index in [1.165, 1.54) is 0 Å². The Labute approximate surface area is 331 Å². The molecular formula is C44H56NO10P. The van der Waals surface area contributed by atoms with Crippen molar-refractivity contribution >= 4 is 19.8 Å². The molecule has 4 aromatic rings. The summed E-state index contributed by atoms with van der Waals surface area (Å²) in [6, 6.07) is 36.1. The zero-order chi connectivity index (χ0) is 40.1. The fraction of sp³-hybridized carbons (Fsp3) is 0.409. The number of nitrogens with zero attached hydrogens (tertiary/aromatic N) is 1. The van der Waals surface area contributed by atoms with Gasteiger partial charge in [0.15, 0.2) is 6.10 Å². The van der Waals surface area contributed by atoms with E-state index in [1.54, 1.807) is 0 Å². The fourth-order valence-electron chi connectivity index (χ4n) is 5.48. The molecule has 12 heteroatoms. The van der Waals surface area contributed by atoms with Gasteiger partial charge in [0.25, 0.3) is 7.82 Å². The first-order chi connectivity index (χ1) is 27.0. The standard InChI is InChI=1S/C44H56NO10P/c1-45(2,3)30-33-53-56(48,49)54-35-42(55-44(47)21-13-7-15-32-51-41-28-24-39(25-29-41)37-18-10-5-11-19-37)34-52-43(46)20-12-6-14-31-50-40-26-22-38(23-27-40)36-16-8-4-9-17-36/h4-5,8-11,16-19,22-29,42H,6-7,12-15,20-21,30-35H2,1-3H3/t42-/m1/s1. The van der Waals surface area contributed by atoms with Crippen LogP contribution in [0.5, 0.6) is 11.5 Å². The van der Waals surface area contributed by atoms with E-state index in [0.717, 1.165) is 59.4 Å². The van der Waals surface area contributed by atoms with Crippen molar-refractivity contribution in [1.29, 1.82) is 0 Å². The van der Waals surface area contributed by atoms with Gasteiger partial charge in [-0.15, -0.1) is 0 Å². The fourth-order valence-corrected chi connectivity index (χ4v) is 6.21. The molecule has 0 amide bonds. The van der Waals surface area contributed by atoms with Gasteiger partial charge in [-0.25, -0.2) is 0 Å². The minimum absolute atomic E-state index is 0.0714. The highest BCUT2D eigenvalue weighted by atomic mass is 31.2. The third-order valence-electron chi connectivity index (χ3n) is 8.67. The molecule has 0 saturated heterocycles. The maximum Gasteiger partial charge on any atom is 0.306 e. The average Bonchev–Trinajstić information content (AvgIpc) is 3.19. The van der Waals surface area contributed by atoms with Crippen molar-refractivity contribution in [2.45, 2.75) is 57.5 Å². The van der Waals surface area contributed by atoms with Crippen LogP contribution in [0, 0.1) is 0 Å². The summed E-state index contributed by atoms with van der Waals surface area (Å²) in [5, 5.41) is 0. The molecule has 0 fully saturated rings. The van der Waals surface area contributed by atoms with Gasteiger partial charge in [0.2, 0.25) is 0 Å². The van der Waals surface area contributed by atoms with Crippen molar-refractivity contribution in [3.05, 3.63) is 109 Å². The molecule has 0 spiro atoms. The van der Waals surface area contributed by atoms with Crippen molar-refractivity contribution in [3.8, 4) is 33.8 Å². The first-order valence-electron chi connectivity index (χ1n) is 19.3. The molecule has 0 aliphatic heterocycles. The largest absolute Gasteiger partial charge is 0.756 e. The van der Waals surface area contributed by atoms with Crippen molar-refractivity contribution in [1.82, 2.24) is 0 Å². The Morgan fingerprint density at radius 2 is 1.04 bits per heavy atom. The monoisotopic (exact) mass is 789 g/mol. The molecule has 0 aromatic heterocycles. The number of carbonyl (C=O) groups excluding carboxylic acids is 2. The Kier molecular flexibility index (Phi) is 18.6. The number of rotatable bonds is 26. The van der Waals surface area contributed by atoms with Crippen LogP contribution in [0.25, 0.3) is 22.3 Å². The number of quaternary nitrogens is 1. The molecule has 11 nitrogen and oxygen atoms in total. The van der Waals surface area contributed by atoms with Crippen molar-refractivity contribution < 1.29 is 51.5 Å². The summed E-state index contributed by atoms with van der Waals surface area (Å²) in [7, 11) is 1.03. The lowest BCUT2D eigenvalue weighted by Crippen LogP contribution is -2.37. The van der Waals surface area contributed by atoms with E-state index in [2.05, 4.69) is 24.3 Å². The van der Waals surface area contributed by atoms with Gasteiger partial charge in [-0.2, -0.15) is 0 Å². The van der Waals surface area contributed by atoms with E-state index in [0.29, 0.717) is 37.1 Å². The summed E-state index contributed by atoms with van der Waals surface area (Å²) in [6.07, 6.45) is 3.20. The number of ether oxygens (including phenoxy) is 4. The van der Waals surface area contributed by atoms with Crippen LogP contribution in [0.1, 0.15) is 51.4 Å². The van der Waals surface area contributed by atoms with Gasteiger partial charge < -0.3 is 37.4 Å². The van der Waals surface area contributed by atoms with Crippen molar-refractivity contribution in [2.75, 3.05) is 60.7 Å². The van der Waals surface area contributed by atoms with Gasteiger partial charge in [-0.05, 0) is 85.0 Å². The van der Waals surface area contributed by atoms with Gasteiger partial charge in [-0.3, -0.25) is 14.2 Å². The molecule has 0 aliphatic rings. The molecule has 4 rings (SSSR count). The van der Waals surface area contributed by atoms with E-state index in [1.807, 2.05) is 106 Å². The summed E-state index contributed by atoms with van der Waals surface area (Å²) in [6.45, 7) is 0.489. The molecule has 0 aliphatic carbocycles. The minimum atomic E-state index is -4.69. The van der Waals surface area contributed by atoms with E-state index >= 15 is 0 Å². The number of phosphoric acid groups is 1. The highest BCUT2D eigenvalue weighted by Gasteiger charge is 2.22. The molecule has 0 saturated carbocycles. The van der Waals surface area contributed by atoms with Gasteiger partial charge >= 0.3 is 11.9 Å². The second-order valence-corrected chi connectivity index (χ2v) is 15.9. The third-order valence-corrected chi connectivity index (χ3v) is 9.63. The Morgan fingerprint density at radius 1 is 0.571 bits per heavy atom. The summed E-state index contributed by atoms with van der Waals surface area (Å²) in [4.78, 5) is 37.7. The van der Waals surface area contributed by atoms with Crippen LogP contribution in [0.2, 0.25) is 0 Å². The maximum atomic E-state index is 12.7. The lowest BCUT2D eigenvalue weighted by atomic mass is 10.1. The van der Waals surface area contributed by atoms with Gasteiger partial charge in [0.05, 0.1) is 41.0 Å². The van der Waals surface area contributed by atoms with E-state index in [9.17, 15) is 19.0 Å². The predicted octanol–water partition coefficient (Wildman–Crippen LogP) is 8.26. The first kappa shape index (κ1) is 44.2. The lowest BCUT2D eigenvalue weighted by molar-refractivity contribution is -0.870. The van der Waals surface area contributed by atoms with Crippen LogP contribution >= 0.6 is 7.82 Å². The molecule has 302 valence electrons. The first-order valence-corrected chi connectivity index (χ1v) is 20.7. The van der Waals surface area contributed by atoms with Crippen LogP contribution < -0.4 is 14.4 Å². The summed E-state index contributed by atoms with van der Waals surface area (Å²) >= 11 is 0. The number of unbranched alkanes of at least 4 members (excludes halogenated alkanes) is 4. The van der Waals surface area contributed by atoms with Crippen molar-refractivity contribution in [3.63, 3.8) is 0 Å². The Morgan fingerprint density at radius 3 is 1.52 bits per heavy atom. The number of hydrogen-bond acceptors (Lipinski definition) is 10. The minimum Gasteiger partial charge on any atom is -0.756 e. The smallest absolute Gasteiger partial charge is 0.306 e.